The maximum Gasteiger partial charge on any atom is 0.113 e. The number of ether oxygens (including phenoxy) is 1. The van der Waals surface area contributed by atoms with Crippen LogP contribution in [0.2, 0.25) is 5.02 Å². The summed E-state index contributed by atoms with van der Waals surface area (Å²) >= 11 is 6.23. The summed E-state index contributed by atoms with van der Waals surface area (Å²) in [5, 5.41) is 4.17. The molecule has 4 heteroatoms. The number of hydrogen-bond donors (Lipinski definition) is 1. The Morgan fingerprint density at radius 1 is 1.56 bits per heavy atom. The van der Waals surface area contributed by atoms with Crippen LogP contribution in [0.15, 0.2) is 30.3 Å². The van der Waals surface area contributed by atoms with Crippen LogP contribution in [-0.4, -0.2) is 18.1 Å². The number of aromatic nitrogens is 1. The molecule has 1 aromatic heterocycles. The minimum Gasteiger partial charge on any atom is -0.496 e. The molecule has 18 heavy (non-hydrogen) atoms. The fraction of sp³-hybridized carbons (Fsp3) is 0.500. The lowest BCUT2D eigenvalue weighted by Crippen LogP contribution is -2.26. The van der Waals surface area contributed by atoms with Gasteiger partial charge in [0.1, 0.15) is 5.76 Å². The van der Waals surface area contributed by atoms with E-state index < -0.39 is 0 Å². The summed E-state index contributed by atoms with van der Waals surface area (Å²) in [4.78, 5) is 4.03. The monoisotopic (exact) mass is 266 g/mol. The van der Waals surface area contributed by atoms with Gasteiger partial charge >= 0.3 is 0 Å². The second-order valence-corrected chi connectivity index (χ2v) is 4.79. The normalized spacial score (nSPS) is 16.9. The van der Waals surface area contributed by atoms with E-state index >= 15 is 0 Å². The molecule has 0 saturated carbocycles. The molecular weight excluding hydrogens is 248 g/mol. The molecule has 98 valence electrons. The maximum absolute atomic E-state index is 6.23. The number of nitrogens with one attached hydrogen (secondary N) is 1. The minimum atomic E-state index is 0.0424. The summed E-state index contributed by atoms with van der Waals surface area (Å²) < 4.78 is 5.77. The first kappa shape index (κ1) is 13.4. The Hall–Kier alpha value is -1.06. The molecule has 0 amide bonds. The van der Waals surface area contributed by atoms with Crippen LogP contribution in [0.4, 0.5) is 0 Å². The van der Waals surface area contributed by atoms with Crippen LogP contribution in [0, 0.1) is 0 Å². The molecule has 2 heterocycles. The van der Waals surface area contributed by atoms with Crippen LogP contribution < -0.4 is 5.32 Å². The van der Waals surface area contributed by atoms with E-state index in [0.29, 0.717) is 5.02 Å². The maximum atomic E-state index is 6.23. The topological polar surface area (TPSA) is 34.1 Å². The molecule has 0 bridgehead atoms. The largest absolute Gasteiger partial charge is 0.496 e. The zero-order valence-corrected chi connectivity index (χ0v) is 11.4. The lowest BCUT2D eigenvalue weighted by molar-refractivity contribution is 0.167. The van der Waals surface area contributed by atoms with Gasteiger partial charge in [-0.2, -0.15) is 0 Å². The van der Waals surface area contributed by atoms with Gasteiger partial charge in [0.25, 0.3) is 0 Å². The summed E-state index contributed by atoms with van der Waals surface area (Å²) in [6, 6.07) is 2.00. The van der Waals surface area contributed by atoms with E-state index in [-0.39, 0.29) is 6.04 Å². The van der Waals surface area contributed by atoms with Crippen molar-refractivity contribution in [3.05, 3.63) is 40.9 Å². The molecule has 0 aromatic carbocycles. The molecule has 0 radical (unpaired) electrons. The molecule has 1 aliphatic rings. The number of halogens is 1. The van der Waals surface area contributed by atoms with Crippen molar-refractivity contribution in [1.29, 1.82) is 0 Å². The zero-order valence-electron chi connectivity index (χ0n) is 10.7. The van der Waals surface area contributed by atoms with Crippen molar-refractivity contribution in [3.63, 3.8) is 0 Å². The number of pyridine rings is 1. The molecule has 1 N–H and O–H groups in total. The second kappa shape index (κ2) is 6.76. The predicted octanol–water partition coefficient (Wildman–Crippen LogP) is 3.47. The van der Waals surface area contributed by atoms with Gasteiger partial charge in [0.2, 0.25) is 0 Å². The van der Waals surface area contributed by atoms with E-state index in [4.69, 9.17) is 16.3 Å². The summed E-state index contributed by atoms with van der Waals surface area (Å²) in [6.45, 7) is 3.87. The minimum absolute atomic E-state index is 0.0424. The molecule has 1 atom stereocenters. The third-order valence-electron chi connectivity index (χ3n) is 2.96. The Labute approximate surface area is 113 Å². The zero-order chi connectivity index (χ0) is 12.8. The third-order valence-corrected chi connectivity index (χ3v) is 3.28. The quantitative estimate of drug-likeness (QED) is 0.886. The molecular formula is C14H19ClN2O. The van der Waals surface area contributed by atoms with E-state index in [0.717, 1.165) is 43.7 Å². The molecule has 1 aromatic rings. The molecule has 0 fully saturated rings. The predicted molar refractivity (Wildman–Crippen MR) is 73.6 cm³/mol. The van der Waals surface area contributed by atoms with Crippen LogP contribution in [-0.2, 0) is 4.74 Å². The van der Waals surface area contributed by atoms with Crippen LogP contribution in [0.25, 0.3) is 0 Å². The van der Waals surface area contributed by atoms with E-state index in [1.165, 1.54) is 0 Å². The van der Waals surface area contributed by atoms with E-state index in [2.05, 4.69) is 23.3 Å². The summed E-state index contributed by atoms with van der Waals surface area (Å²) in [5.74, 6) is 0.989. The highest BCUT2D eigenvalue weighted by Crippen LogP contribution is 2.30. The van der Waals surface area contributed by atoms with Crippen LogP contribution in [0.1, 0.15) is 37.8 Å². The highest BCUT2D eigenvalue weighted by molar-refractivity contribution is 6.31. The van der Waals surface area contributed by atoms with Gasteiger partial charge in [-0.25, -0.2) is 0 Å². The molecule has 0 saturated heterocycles. The fourth-order valence-corrected chi connectivity index (χ4v) is 2.28. The molecule has 0 aliphatic carbocycles. The first-order valence-corrected chi connectivity index (χ1v) is 6.86. The van der Waals surface area contributed by atoms with Gasteiger partial charge in [-0.05, 0) is 43.5 Å². The van der Waals surface area contributed by atoms with Crippen molar-refractivity contribution in [2.24, 2.45) is 0 Å². The molecule has 1 aliphatic heterocycles. The molecule has 2 rings (SSSR count). The van der Waals surface area contributed by atoms with Crippen LogP contribution >= 0.6 is 11.6 Å². The highest BCUT2D eigenvalue weighted by atomic mass is 35.5. The van der Waals surface area contributed by atoms with Gasteiger partial charge in [0.05, 0.1) is 17.7 Å². The Kier molecular flexibility index (Phi) is 5.02. The Morgan fingerprint density at radius 2 is 2.44 bits per heavy atom. The first-order chi connectivity index (χ1) is 8.83. The highest BCUT2D eigenvalue weighted by Gasteiger charge is 2.21. The van der Waals surface area contributed by atoms with Crippen LogP contribution in [0.3, 0.4) is 0 Å². The fourth-order valence-electron chi connectivity index (χ4n) is 2.05. The van der Waals surface area contributed by atoms with E-state index in [1.807, 2.05) is 6.07 Å². The van der Waals surface area contributed by atoms with Gasteiger partial charge in [-0.1, -0.05) is 18.5 Å². The molecule has 0 spiro atoms. The van der Waals surface area contributed by atoms with Gasteiger partial charge in [-0.15, -0.1) is 0 Å². The third kappa shape index (κ3) is 3.24. The summed E-state index contributed by atoms with van der Waals surface area (Å²) in [6.07, 6.45) is 8.85. The van der Waals surface area contributed by atoms with E-state index in [9.17, 15) is 0 Å². The smallest absolute Gasteiger partial charge is 0.113 e. The number of hydrogen-bond acceptors (Lipinski definition) is 3. The summed E-state index contributed by atoms with van der Waals surface area (Å²) in [7, 11) is 0. The van der Waals surface area contributed by atoms with Crippen molar-refractivity contribution in [2.75, 3.05) is 13.2 Å². The number of rotatable bonds is 5. The van der Waals surface area contributed by atoms with Crippen LogP contribution in [0.5, 0.6) is 0 Å². The van der Waals surface area contributed by atoms with Crippen molar-refractivity contribution in [2.45, 2.75) is 32.2 Å². The van der Waals surface area contributed by atoms with Gasteiger partial charge in [0, 0.05) is 12.4 Å². The molecule has 3 nitrogen and oxygen atoms in total. The Morgan fingerprint density at radius 3 is 3.11 bits per heavy atom. The van der Waals surface area contributed by atoms with Crippen molar-refractivity contribution in [1.82, 2.24) is 10.3 Å². The molecule has 1 unspecified atom stereocenters. The summed E-state index contributed by atoms with van der Waals surface area (Å²) in [5.41, 5.74) is 1.04. The SMILES string of the molecule is CCCNC(C1=CCCCO1)c1ccncc1Cl. The first-order valence-electron chi connectivity index (χ1n) is 6.48. The average Bonchev–Trinajstić information content (AvgIpc) is 2.42. The van der Waals surface area contributed by atoms with Crippen molar-refractivity contribution < 1.29 is 4.74 Å². The Balaban J connectivity index is 2.24. The van der Waals surface area contributed by atoms with Gasteiger partial charge in [-0.3, -0.25) is 4.98 Å². The number of allylic oxidation sites excluding steroid dienone is 1. The van der Waals surface area contributed by atoms with E-state index in [1.54, 1.807) is 12.4 Å². The number of nitrogens with zero attached hydrogens (tertiary/aromatic N) is 1. The van der Waals surface area contributed by atoms with Gasteiger partial charge < -0.3 is 10.1 Å². The second-order valence-electron chi connectivity index (χ2n) is 4.38. The van der Waals surface area contributed by atoms with Crippen molar-refractivity contribution in [3.8, 4) is 0 Å². The lowest BCUT2D eigenvalue weighted by Gasteiger charge is -2.25. The Bertz CT molecular complexity index is 420. The standard InChI is InChI=1S/C14H19ClN2O/c1-2-7-17-14(13-5-3-4-9-18-13)11-6-8-16-10-12(11)15/h5-6,8,10,14,17H,2-4,7,9H2,1H3. The van der Waals surface area contributed by atoms with Crippen molar-refractivity contribution >= 4 is 11.6 Å². The average molecular weight is 267 g/mol. The lowest BCUT2D eigenvalue weighted by atomic mass is 10.0. The van der Waals surface area contributed by atoms with Gasteiger partial charge in [0.15, 0.2) is 0 Å².